The first-order chi connectivity index (χ1) is 12.4. The molecule has 8 heteroatoms. The molecule has 2 aromatic carbocycles. The fraction of sp³-hybridized carbons (Fsp3) is 0.167. The molecule has 4 rings (SSSR count). The van der Waals surface area contributed by atoms with Gasteiger partial charge in [-0.25, -0.2) is 13.4 Å². The number of para-hydroxylation sites is 1. The summed E-state index contributed by atoms with van der Waals surface area (Å²) in [5, 5.41) is 4.29. The lowest BCUT2D eigenvalue weighted by molar-refractivity contribution is 0.0996. The summed E-state index contributed by atoms with van der Waals surface area (Å²) < 4.78 is 24.9. The molecule has 132 valence electrons. The number of hydrogen-bond donors (Lipinski definition) is 1. The molecule has 0 saturated heterocycles. The van der Waals surface area contributed by atoms with Crippen LogP contribution in [-0.2, 0) is 16.4 Å². The van der Waals surface area contributed by atoms with Gasteiger partial charge in [0.15, 0.2) is 9.84 Å². The zero-order valence-corrected chi connectivity index (χ0v) is 14.8. The van der Waals surface area contributed by atoms with Crippen LogP contribution in [0.1, 0.15) is 10.4 Å². The van der Waals surface area contributed by atoms with E-state index in [-0.39, 0.29) is 4.90 Å². The highest BCUT2D eigenvalue weighted by Crippen LogP contribution is 2.22. The van der Waals surface area contributed by atoms with Crippen LogP contribution in [0.5, 0.6) is 0 Å². The molecule has 26 heavy (non-hydrogen) atoms. The van der Waals surface area contributed by atoms with Crippen LogP contribution >= 0.6 is 0 Å². The first kappa shape index (κ1) is 16.5. The molecular formula is C18H16N4O3S. The number of fused-ring (bicyclic) bond motifs is 3. The van der Waals surface area contributed by atoms with Crippen LogP contribution < -0.4 is 10.9 Å². The molecule has 2 heterocycles. The van der Waals surface area contributed by atoms with Gasteiger partial charge < -0.3 is 5.32 Å². The van der Waals surface area contributed by atoms with E-state index in [0.29, 0.717) is 17.7 Å². The Labute approximate surface area is 150 Å². The van der Waals surface area contributed by atoms with Crippen LogP contribution in [0.2, 0.25) is 0 Å². The average molecular weight is 368 g/mol. The van der Waals surface area contributed by atoms with Crippen molar-refractivity contribution in [3.8, 4) is 0 Å². The summed E-state index contributed by atoms with van der Waals surface area (Å²) in [4.78, 5) is 21.4. The zero-order chi connectivity index (χ0) is 18.3. The van der Waals surface area contributed by atoms with Crippen molar-refractivity contribution in [3.05, 3.63) is 59.7 Å². The van der Waals surface area contributed by atoms with E-state index in [2.05, 4.69) is 15.3 Å². The molecule has 0 radical (unpaired) electrons. The highest BCUT2D eigenvalue weighted by molar-refractivity contribution is 7.90. The van der Waals surface area contributed by atoms with E-state index in [1.807, 2.05) is 28.8 Å². The molecule has 1 N–H and O–H groups in total. The van der Waals surface area contributed by atoms with E-state index < -0.39 is 15.7 Å². The number of anilines is 1. The number of carbonyl (C=O) groups is 1. The number of nitrogens with zero attached hydrogens (tertiary/aromatic N) is 3. The van der Waals surface area contributed by atoms with Crippen molar-refractivity contribution >= 4 is 32.5 Å². The van der Waals surface area contributed by atoms with E-state index in [0.717, 1.165) is 29.5 Å². The number of benzene rings is 2. The number of amides is 1. The third-order valence-electron chi connectivity index (χ3n) is 4.25. The van der Waals surface area contributed by atoms with Crippen LogP contribution in [-0.4, -0.2) is 36.7 Å². The molecule has 3 aromatic rings. The Morgan fingerprint density at radius 3 is 2.62 bits per heavy atom. The van der Waals surface area contributed by atoms with Gasteiger partial charge in [-0.1, -0.05) is 12.1 Å². The largest absolute Gasteiger partial charge is 0.369 e. The van der Waals surface area contributed by atoms with E-state index in [4.69, 9.17) is 0 Å². The summed E-state index contributed by atoms with van der Waals surface area (Å²) in [5.74, 6) is 0.434. The van der Waals surface area contributed by atoms with Gasteiger partial charge in [0.05, 0.1) is 10.4 Å². The topological polar surface area (TPSA) is 93.4 Å². The first-order valence-electron chi connectivity index (χ1n) is 8.06. The van der Waals surface area contributed by atoms with Crippen LogP contribution in [0.25, 0.3) is 10.9 Å². The molecule has 0 aliphatic carbocycles. The molecule has 0 spiro atoms. The molecule has 1 amide bonds. The maximum absolute atomic E-state index is 12.5. The van der Waals surface area contributed by atoms with Crippen LogP contribution in [0.15, 0.2) is 58.4 Å². The molecule has 1 aliphatic rings. The van der Waals surface area contributed by atoms with Gasteiger partial charge in [-0.3, -0.25) is 9.36 Å². The number of carbonyl (C=O) groups excluding carboxylic acids is 1. The van der Waals surface area contributed by atoms with Crippen molar-refractivity contribution in [3.63, 3.8) is 0 Å². The Balaban J connectivity index is 1.80. The number of nitrogens with one attached hydrogen (secondary N) is 1. The summed E-state index contributed by atoms with van der Waals surface area (Å²) in [5.41, 5.74) is 1.40. The Morgan fingerprint density at radius 1 is 1.15 bits per heavy atom. The standard InChI is InChI=1S/C18H16N4O3S/c1-26(24,25)13-8-6-12(7-9-13)17(23)21-18-20-15-5-3-2-4-14(15)16-19-10-11-22(16)18/h2-9,19H,10-11H2,1H3. The average Bonchev–Trinajstić information content (AvgIpc) is 3.11. The third kappa shape index (κ3) is 2.88. The second-order valence-corrected chi connectivity index (χ2v) is 8.09. The predicted molar refractivity (Wildman–Crippen MR) is 97.7 cm³/mol. The highest BCUT2D eigenvalue weighted by atomic mass is 32.2. The number of aromatic nitrogens is 2. The summed E-state index contributed by atoms with van der Waals surface area (Å²) in [6.07, 6.45) is 1.13. The minimum Gasteiger partial charge on any atom is -0.369 e. The van der Waals surface area contributed by atoms with Gasteiger partial charge in [0.2, 0.25) is 5.62 Å². The van der Waals surface area contributed by atoms with Gasteiger partial charge in [-0.15, -0.1) is 0 Å². The predicted octanol–water partition coefficient (Wildman–Crippen LogP) is 1.61. The molecule has 0 saturated carbocycles. The lowest BCUT2D eigenvalue weighted by atomic mass is 10.2. The number of rotatable bonds is 2. The van der Waals surface area contributed by atoms with Gasteiger partial charge in [0.1, 0.15) is 5.82 Å². The highest BCUT2D eigenvalue weighted by Gasteiger charge is 2.16. The van der Waals surface area contributed by atoms with Gasteiger partial charge in [0.25, 0.3) is 5.91 Å². The van der Waals surface area contributed by atoms with Crippen LogP contribution in [0, 0.1) is 0 Å². The first-order valence-corrected chi connectivity index (χ1v) is 9.95. The third-order valence-corrected chi connectivity index (χ3v) is 5.38. The minimum absolute atomic E-state index is 0.164. The zero-order valence-electron chi connectivity index (χ0n) is 14.0. The molecule has 1 aliphatic heterocycles. The molecule has 0 atom stereocenters. The number of sulfone groups is 1. The summed E-state index contributed by atoms with van der Waals surface area (Å²) >= 11 is 0. The van der Waals surface area contributed by atoms with E-state index in [1.54, 1.807) is 0 Å². The van der Waals surface area contributed by atoms with Crippen LogP contribution in [0.4, 0.5) is 5.82 Å². The van der Waals surface area contributed by atoms with Gasteiger partial charge in [0, 0.05) is 30.3 Å². The smallest absolute Gasteiger partial charge is 0.280 e. The number of hydrogen-bond acceptors (Lipinski definition) is 5. The summed E-state index contributed by atoms with van der Waals surface area (Å²) in [6, 6.07) is 13.4. The Kier molecular flexibility index (Phi) is 3.84. The van der Waals surface area contributed by atoms with Gasteiger partial charge in [-0.05, 0) is 36.4 Å². The van der Waals surface area contributed by atoms with Crippen molar-refractivity contribution in [2.24, 2.45) is 4.99 Å². The van der Waals surface area contributed by atoms with E-state index in [9.17, 15) is 13.2 Å². The summed E-state index contributed by atoms with van der Waals surface area (Å²) in [6.45, 7) is 1.42. The molecule has 0 bridgehead atoms. The Morgan fingerprint density at radius 2 is 1.88 bits per heavy atom. The molecular weight excluding hydrogens is 352 g/mol. The van der Waals surface area contributed by atoms with Crippen molar-refractivity contribution < 1.29 is 13.2 Å². The lowest BCUT2D eigenvalue weighted by Gasteiger charge is -2.07. The lowest BCUT2D eigenvalue weighted by Crippen LogP contribution is -2.24. The molecule has 1 aromatic heterocycles. The Hall–Kier alpha value is -3.00. The monoisotopic (exact) mass is 368 g/mol. The second kappa shape index (κ2) is 6.06. The maximum Gasteiger partial charge on any atom is 0.280 e. The molecule has 0 fully saturated rings. The SMILES string of the molecule is CS(=O)(=O)c1ccc(C(=O)N=c2nc3ccccc3c3n2CCN3)cc1. The van der Waals surface area contributed by atoms with Gasteiger partial charge >= 0.3 is 0 Å². The van der Waals surface area contributed by atoms with Crippen molar-refractivity contribution in [2.45, 2.75) is 11.4 Å². The van der Waals surface area contributed by atoms with Crippen LogP contribution in [0.3, 0.4) is 0 Å². The van der Waals surface area contributed by atoms with Crippen molar-refractivity contribution in [1.82, 2.24) is 9.55 Å². The second-order valence-electron chi connectivity index (χ2n) is 6.07. The minimum atomic E-state index is -3.30. The molecule has 0 unspecified atom stereocenters. The van der Waals surface area contributed by atoms with E-state index >= 15 is 0 Å². The quantitative estimate of drug-likeness (QED) is 0.742. The Bertz CT molecular complexity index is 1200. The summed E-state index contributed by atoms with van der Waals surface area (Å²) in [7, 11) is -3.30. The maximum atomic E-state index is 12.5. The van der Waals surface area contributed by atoms with Gasteiger partial charge in [-0.2, -0.15) is 4.99 Å². The fourth-order valence-corrected chi connectivity index (χ4v) is 3.59. The van der Waals surface area contributed by atoms with Crippen molar-refractivity contribution in [1.29, 1.82) is 0 Å². The van der Waals surface area contributed by atoms with E-state index in [1.165, 1.54) is 24.3 Å². The normalized spacial score (nSPS) is 14.3. The fourth-order valence-electron chi connectivity index (χ4n) is 2.96. The molecule has 7 nitrogen and oxygen atoms in total. The van der Waals surface area contributed by atoms with Crippen molar-refractivity contribution in [2.75, 3.05) is 18.1 Å².